The Hall–Kier alpha value is -1.35. The molecule has 1 unspecified atom stereocenters. The van der Waals surface area contributed by atoms with Gasteiger partial charge in [0.2, 0.25) is 5.91 Å². The van der Waals surface area contributed by atoms with Crippen LogP contribution in [0.2, 0.25) is 0 Å². The van der Waals surface area contributed by atoms with Crippen LogP contribution in [0.4, 0.5) is 5.69 Å². The number of nitrogens with one attached hydrogen (secondary N) is 2. The van der Waals surface area contributed by atoms with Crippen molar-refractivity contribution in [2.24, 2.45) is 5.92 Å². The molecule has 0 spiro atoms. The lowest BCUT2D eigenvalue weighted by Gasteiger charge is -2.10. The fraction of sp³-hybridized carbons (Fsp3) is 0.533. The highest BCUT2D eigenvalue weighted by molar-refractivity contribution is 5.88. The smallest absolute Gasteiger partial charge is 0.221 e. The molecule has 1 aromatic rings. The topological polar surface area (TPSA) is 41.1 Å². The average Bonchev–Trinajstić information content (AvgIpc) is 2.35. The van der Waals surface area contributed by atoms with Crippen LogP contribution >= 0.6 is 0 Å². The zero-order valence-corrected chi connectivity index (χ0v) is 11.6. The summed E-state index contributed by atoms with van der Waals surface area (Å²) >= 11 is 0. The molecule has 0 saturated carbocycles. The molecule has 0 aromatic heterocycles. The Bertz CT molecular complexity index is 359. The lowest BCUT2D eigenvalue weighted by molar-refractivity contribution is -0.114. The molecule has 1 aromatic carbocycles. The van der Waals surface area contributed by atoms with Gasteiger partial charge in [0.15, 0.2) is 0 Å². The molecule has 1 rings (SSSR count). The quantitative estimate of drug-likeness (QED) is 0.729. The molecule has 100 valence electrons. The van der Waals surface area contributed by atoms with Gasteiger partial charge in [-0.25, -0.2) is 0 Å². The summed E-state index contributed by atoms with van der Waals surface area (Å²) in [7, 11) is 0. The minimum atomic E-state index is -0.0297. The molecule has 0 aliphatic heterocycles. The number of rotatable bonds is 7. The van der Waals surface area contributed by atoms with Gasteiger partial charge in [-0.15, -0.1) is 0 Å². The van der Waals surface area contributed by atoms with E-state index in [2.05, 4.69) is 36.6 Å². The molecule has 0 saturated heterocycles. The van der Waals surface area contributed by atoms with Gasteiger partial charge in [-0.3, -0.25) is 4.79 Å². The first-order valence-corrected chi connectivity index (χ1v) is 6.69. The standard InChI is InChI=1S/C15H24N2O/c1-4-12(2)11-16-10-9-14-5-7-15(8-6-14)17-13(3)18/h5-8,12,16H,4,9-11H2,1-3H3,(H,17,18). The SMILES string of the molecule is CCC(C)CNCCc1ccc(NC(C)=O)cc1. The van der Waals surface area contributed by atoms with Crippen LogP contribution in [0.15, 0.2) is 24.3 Å². The summed E-state index contributed by atoms with van der Waals surface area (Å²) in [4.78, 5) is 10.9. The third-order valence-electron chi connectivity index (χ3n) is 3.05. The Kier molecular flexibility index (Phi) is 6.44. The first-order valence-electron chi connectivity index (χ1n) is 6.69. The fourth-order valence-electron chi connectivity index (χ4n) is 1.68. The van der Waals surface area contributed by atoms with Crippen molar-refractivity contribution in [3.05, 3.63) is 29.8 Å². The van der Waals surface area contributed by atoms with E-state index < -0.39 is 0 Å². The largest absolute Gasteiger partial charge is 0.326 e. The van der Waals surface area contributed by atoms with Crippen molar-refractivity contribution in [1.82, 2.24) is 5.32 Å². The molecular formula is C15H24N2O. The Labute approximate surface area is 110 Å². The molecule has 0 fully saturated rings. The second-order valence-corrected chi connectivity index (χ2v) is 4.85. The summed E-state index contributed by atoms with van der Waals surface area (Å²) in [5.41, 5.74) is 2.15. The summed E-state index contributed by atoms with van der Waals surface area (Å²) < 4.78 is 0. The average molecular weight is 248 g/mol. The van der Waals surface area contributed by atoms with E-state index in [1.54, 1.807) is 0 Å². The highest BCUT2D eigenvalue weighted by atomic mass is 16.1. The van der Waals surface area contributed by atoms with Gasteiger partial charge < -0.3 is 10.6 Å². The maximum atomic E-state index is 10.9. The van der Waals surface area contributed by atoms with E-state index in [1.165, 1.54) is 18.9 Å². The second-order valence-electron chi connectivity index (χ2n) is 4.85. The van der Waals surface area contributed by atoms with Gasteiger partial charge >= 0.3 is 0 Å². The summed E-state index contributed by atoms with van der Waals surface area (Å²) in [5, 5.41) is 6.23. The van der Waals surface area contributed by atoms with Gasteiger partial charge in [0.1, 0.15) is 0 Å². The monoisotopic (exact) mass is 248 g/mol. The van der Waals surface area contributed by atoms with E-state index in [4.69, 9.17) is 0 Å². The number of carbonyl (C=O) groups excluding carboxylic acids is 1. The van der Waals surface area contributed by atoms with Crippen LogP contribution in [-0.4, -0.2) is 19.0 Å². The molecule has 3 nitrogen and oxygen atoms in total. The fourth-order valence-corrected chi connectivity index (χ4v) is 1.68. The Morgan fingerprint density at radius 2 is 1.94 bits per heavy atom. The minimum absolute atomic E-state index is 0.0297. The van der Waals surface area contributed by atoms with Gasteiger partial charge in [-0.2, -0.15) is 0 Å². The molecule has 0 radical (unpaired) electrons. The molecular weight excluding hydrogens is 224 g/mol. The van der Waals surface area contributed by atoms with Crippen LogP contribution in [-0.2, 0) is 11.2 Å². The van der Waals surface area contributed by atoms with Crippen molar-refractivity contribution >= 4 is 11.6 Å². The summed E-state index contributed by atoms with van der Waals surface area (Å²) in [6.07, 6.45) is 2.25. The molecule has 3 heteroatoms. The molecule has 1 atom stereocenters. The van der Waals surface area contributed by atoms with E-state index in [1.807, 2.05) is 12.1 Å². The van der Waals surface area contributed by atoms with Crippen molar-refractivity contribution in [3.63, 3.8) is 0 Å². The number of carbonyl (C=O) groups is 1. The number of benzene rings is 1. The van der Waals surface area contributed by atoms with Crippen LogP contribution in [0.1, 0.15) is 32.8 Å². The molecule has 2 N–H and O–H groups in total. The van der Waals surface area contributed by atoms with Crippen LogP contribution in [0.5, 0.6) is 0 Å². The summed E-state index contributed by atoms with van der Waals surface area (Å²) in [5.74, 6) is 0.713. The van der Waals surface area contributed by atoms with Crippen molar-refractivity contribution in [1.29, 1.82) is 0 Å². The Balaban J connectivity index is 2.28. The zero-order valence-electron chi connectivity index (χ0n) is 11.6. The normalized spacial score (nSPS) is 12.2. The molecule has 0 aliphatic carbocycles. The van der Waals surface area contributed by atoms with E-state index >= 15 is 0 Å². The van der Waals surface area contributed by atoms with Crippen LogP contribution in [0.25, 0.3) is 0 Å². The predicted octanol–water partition coefficient (Wildman–Crippen LogP) is 2.82. The van der Waals surface area contributed by atoms with E-state index in [-0.39, 0.29) is 5.91 Å². The molecule has 1 amide bonds. The second kappa shape index (κ2) is 7.88. The van der Waals surface area contributed by atoms with Gasteiger partial charge in [-0.1, -0.05) is 32.4 Å². The third kappa shape index (κ3) is 5.82. The lowest BCUT2D eigenvalue weighted by atomic mass is 10.1. The van der Waals surface area contributed by atoms with Crippen LogP contribution < -0.4 is 10.6 Å². The van der Waals surface area contributed by atoms with Crippen molar-refractivity contribution in [2.45, 2.75) is 33.6 Å². The zero-order chi connectivity index (χ0) is 13.4. The Morgan fingerprint density at radius 1 is 1.28 bits per heavy atom. The van der Waals surface area contributed by atoms with Crippen molar-refractivity contribution in [3.8, 4) is 0 Å². The molecule has 0 bridgehead atoms. The van der Waals surface area contributed by atoms with Crippen LogP contribution in [0.3, 0.4) is 0 Å². The maximum Gasteiger partial charge on any atom is 0.221 e. The predicted molar refractivity (Wildman–Crippen MR) is 76.8 cm³/mol. The summed E-state index contributed by atoms with van der Waals surface area (Å²) in [6.45, 7) is 8.08. The minimum Gasteiger partial charge on any atom is -0.326 e. The Morgan fingerprint density at radius 3 is 2.50 bits per heavy atom. The number of hydrogen-bond donors (Lipinski definition) is 2. The van der Waals surface area contributed by atoms with Gasteiger partial charge in [0.05, 0.1) is 0 Å². The first-order chi connectivity index (χ1) is 8.61. The van der Waals surface area contributed by atoms with Crippen molar-refractivity contribution < 1.29 is 4.79 Å². The lowest BCUT2D eigenvalue weighted by Crippen LogP contribution is -2.23. The molecule has 18 heavy (non-hydrogen) atoms. The summed E-state index contributed by atoms with van der Waals surface area (Å²) in [6, 6.07) is 8.03. The van der Waals surface area contributed by atoms with E-state index in [0.29, 0.717) is 0 Å². The third-order valence-corrected chi connectivity index (χ3v) is 3.05. The number of anilines is 1. The van der Waals surface area contributed by atoms with Crippen LogP contribution in [0, 0.1) is 5.92 Å². The number of hydrogen-bond acceptors (Lipinski definition) is 2. The van der Waals surface area contributed by atoms with Crippen molar-refractivity contribution in [2.75, 3.05) is 18.4 Å². The van der Waals surface area contributed by atoms with E-state index in [9.17, 15) is 4.79 Å². The highest BCUT2D eigenvalue weighted by Crippen LogP contribution is 2.09. The van der Waals surface area contributed by atoms with Gasteiger partial charge in [0.25, 0.3) is 0 Å². The first kappa shape index (κ1) is 14.7. The highest BCUT2D eigenvalue weighted by Gasteiger charge is 1.99. The van der Waals surface area contributed by atoms with Gasteiger partial charge in [-0.05, 0) is 43.1 Å². The molecule has 0 heterocycles. The molecule has 0 aliphatic rings. The van der Waals surface area contributed by atoms with Gasteiger partial charge in [0, 0.05) is 12.6 Å². The van der Waals surface area contributed by atoms with E-state index in [0.717, 1.165) is 31.1 Å². The number of amides is 1. The maximum absolute atomic E-state index is 10.9.